The van der Waals surface area contributed by atoms with Crippen molar-refractivity contribution in [2.24, 2.45) is 11.3 Å². The molecule has 0 aliphatic heterocycles. The van der Waals surface area contributed by atoms with Crippen LogP contribution in [0.25, 0.3) is 0 Å². The lowest BCUT2D eigenvalue weighted by Crippen LogP contribution is -2.26. The normalized spacial score (nSPS) is 29.0. The molecule has 0 nitrogen and oxygen atoms in total. The van der Waals surface area contributed by atoms with Gasteiger partial charge in [-0.25, -0.2) is 0 Å². The van der Waals surface area contributed by atoms with Crippen LogP contribution in [0.1, 0.15) is 57.1 Å². The molecule has 1 aromatic carbocycles. The molecule has 0 heteroatoms. The van der Waals surface area contributed by atoms with E-state index in [1.54, 1.807) is 5.56 Å². The monoisotopic (exact) mass is 216 g/mol. The minimum absolute atomic E-state index is 0.521. The van der Waals surface area contributed by atoms with Gasteiger partial charge in [-0.2, -0.15) is 0 Å². The molecule has 0 N–H and O–H groups in total. The molecule has 2 unspecified atom stereocenters. The molecule has 0 amide bonds. The fraction of sp³-hybridized carbons (Fsp3) is 0.625. The second-order valence-corrected chi connectivity index (χ2v) is 6.52. The summed E-state index contributed by atoms with van der Waals surface area (Å²) in [5.41, 5.74) is 3.44. The van der Waals surface area contributed by atoms with E-state index in [-0.39, 0.29) is 0 Å². The van der Waals surface area contributed by atoms with Crippen LogP contribution in [0.2, 0.25) is 0 Å². The average Bonchev–Trinajstić information content (AvgIpc) is 2.15. The summed E-state index contributed by atoms with van der Waals surface area (Å²) in [5.74, 6) is 1.65. The number of rotatable bonds is 1. The van der Waals surface area contributed by atoms with Crippen LogP contribution in [0.4, 0.5) is 0 Å². The highest BCUT2D eigenvalue weighted by molar-refractivity contribution is 5.25. The van der Waals surface area contributed by atoms with Gasteiger partial charge < -0.3 is 0 Å². The van der Waals surface area contributed by atoms with Crippen molar-refractivity contribution in [3.05, 3.63) is 35.4 Å². The summed E-state index contributed by atoms with van der Waals surface area (Å²) >= 11 is 0. The third kappa shape index (κ3) is 2.66. The van der Waals surface area contributed by atoms with E-state index in [2.05, 4.69) is 52.0 Å². The van der Waals surface area contributed by atoms with Gasteiger partial charge in [-0.15, -0.1) is 0 Å². The summed E-state index contributed by atoms with van der Waals surface area (Å²) in [6, 6.07) is 9.16. The van der Waals surface area contributed by atoms with Crippen molar-refractivity contribution in [1.82, 2.24) is 0 Å². The van der Waals surface area contributed by atoms with Crippen molar-refractivity contribution in [3.8, 4) is 0 Å². The smallest absolute Gasteiger partial charge is 0.0154 e. The first kappa shape index (κ1) is 11.7. The van der Waals surface area contributed by atoms with Crippen LogP contribution >= 0.6 is 0 Å². The molecule has 0 bridgehead atoms. The van der Waals surface area contributed by atoms with E-state index in [4.69, 9.17) is 0 Å². The lowest BCUT2D eigenvalue weighted by molar-refractivity contribution is 0.168. The highest BCUT2D eigenvalue weighted by Crippen LogP contribution is 2.45. The minimum Gasteiger partial charge on any atom is -0.0625 e. The van der Waals surface area contributed by atoms with Crippen LogP contribution < -0.4 is 0 Å². The SMILES string of the molecule is Cc1ccc(C2CC(C)CC(C)(C)C2)cc1. The number of hydrogen-bond donors (Lipinski definition) is 0. The van der Waals surface area contributed by atoms with Crippen LogP contribution in [0, 0.1) is 18.3 Å². The van der Waals surface area contributed by atoms with Gasteiger partial charge in [-0.3, -0.25) is 0 Å². The van der Waals surface area contributed by atoms with Crippen molar-refractivity contribution in [2.45, 2.75) is 52.9 Å². The lowest BCUT2D eigenvalue weighted by atomic mass is 9.66. The Labute approximate surface area is 100 Å². The zero-order valence-electron chi connectivity index (χ0n) is 11.1. The Morgan fingerprint density at radius 2 is 1.69 bits per heavy atom. The molecule has 2 rings (SSSR count). The van der Waals surface area contributed by atoms with Gasteiger partial charge in [0.1, 0.15) is 0 Å². The molecule has 16 heavy (non-hydrogen) atoms. The molecule has 1 fully saturated rings. The van der Waals surface area contributed by atoms with Gasteiger partial charge in [-0.05, 0) is 49.0 Å². The molecular weight excluding hydrogens is 192 g/mol. The lowest BCUT2D eigenvalue weighted by Gasteiger charge is -2.39. The maximum atomic E-state index is 2.42. The van der Waals surface area contributed by atoms with Gasteiger partial charge in [0, 0.05) is 0 Å². The molecule has 0 saturated heterocycles. The zero-order chi connectivity index (χ0) is 11.8. The predicted molar refractivity (Wildman–Crippen MR) is 70.7 cm³/mol. The van der Waals surface area contributed by atoms with E-state index in [0.29, 0.717) is 5.41 Å². The molecule has 0 aromatic heterocycles. The Morgan fingerprint density at radius 1 is 1.06 bits per heavy atom. The van der Waals surface area contributed by atoms with Gasteiger partial charge in [0.2, 0.25) is 0 Å². The highest BCUT2D eigenvalue weighted by atomic mass is 14.4. The molecule has 1 saturated carbocycles. The van der Waals surface area contributed by atoms with E-state index in [9.17, 15) is 0 Å². The molecule has 0 heterocycles. The maximum Gasteiger partial charge on any atom is -0.0154 e. The van der Waals surface area contributed by atoms with Crippen LogP contribution in [0.5, 0.6) is 0 Å². The molecular formula is C16H24. The Balaban J connectivity index is 2.17. The minimum atomic E-state index is 0.521. The van der Waals surface area contributed by atoms with Crippen LogP contribution in [0.15, 0.2) is 24.3 Å². The average molecular weight is 216 g/mol. The van der Waals surface area contributed by atoms with E-state index in [1.165, 1.54) is 24.8 Å². The Morgan fingerprint density at radius 3 is 2.25 bits per heavy atom. The molecule has 1 aromatic rings. The fourth-order valence-electron chi connectivity index (χ4n) is 3.44. The summed E-state index contributed by atoms with van der Waals surface area (Å²) < 4.78 is 0. The van der Waals surface area contributed by atoms with Crippen LogP contribution in [-0.4, -0.2) is 0 Å². The largest absolute Gasteiger partial charge is 0.0625 e. The van der Waals surface area contributed by atoms with Crippen molar-refractivity contribution < 1.29 is 0 Å². The quantitative estimate of drug-likeness (QED) is 0.624. The Kier molecular flexibility index (Phi) is 3.10. The van der Waals surface area contributed by atoms with Gasteiger partial charge >= 0.3 is 0 Å². The highest BCUT2D eigenvalue weighted by Gasteiger charge is 2.32. The zero-order valence-corrected chi connectivity index (χ0v) is 11.1. The van der Waals surface area contributed by atoms with E-state index in [1.807, 2.05) is 0 Å². The van der Waals surface area contributed by atoms with Gasteiger partial charge in [0.05, 0.1) is 0 Å². The van der Waals surface area contributed by atoms with Crippen molar-refractivity contribution in [3.63, 3.8) is 0 Å². The second kappa shape index (κ2) is 4.24. The van der Waals surface area contributed by atoms with E-state index < -0.39 is 0 Å². The first-order chi connectivity index (χ1) is 7.46. The summed E-state index contributed by atoms with van der Waals surface area (Å²) in [4.78, 5) is 0. The molecule has 88 valence electrons. The standard InChI is InChI=1S/C16H24/c1-12-5-7-14(8-6-12)15-9-13(2)10-16(3,4)11-15/h5-8,13,15H,9-11H2,1-4H3. The molecule has 0 spiro atoms. The topological polar surface area (TPSA) is 0 Å². The maximum absolute atomic E-state index is 2.42. The van der Waals surface area contributed by atoms with Gasteiger partial charge in [0.25, 0.3) is 0 Å². The summed E-state index contributed by atoms with van der Waals surface area (Å²) in [6.07, 6.45) is 4.10. The number of benzene rings is 1. The fourth-order valence-corrected chi connectivity index (χ4v) is 3.44. The van der Waals surface area contributed by atoms with Crippen LogP contribution in [-0.2, 0) is 0 Å². The summed E-state index contributed by atoms with van der Waals surface area (Å²) in [5, 5.41) is 0. The summed E-state index contributed by atoms with van der Waals surface area (Å²) in [6.45, 7) is 9.41. The van der Waals surface area contributed by atoms with Crippen molar-refractivity contribution >= 4 is 0 Å². The first-order valence-corrected chi connectivity index (χ1v) is 6.53. The number of aryl methyl sites for hydroxylation is 1. The molecule has 1 aliphatic rings. The Bertz CT molecular complexity index is 345. The Hall–Kier alpha value is -0.780. The molecule has 2 atom stereocenters. The predicted octanol–water partition coefficient (Wildman–Crippen LogP) is 4.92. The van der Waals surface area contributed by atoms with Crippen molar-refractivity contribution in [2.75, 3.05) is 0 Å². The van der Waals surface area contributed by atoms with Gasteiger partial charge in [-0.1, -0.05) is 50.6 Å². The van der Waals surface area contributed by atoms with E-state index >= 15 is 0 Å². The molecule has 1 aliphatic carbocycles. The van der Waals surface area contributed by atoms with E-state index in [0.717, 1.165) is 11.8 Å². The van der Waals surface area contributed by atoms with Crippen LogP contribution in [0.3, 0.4) is 0 Å². The molecule has 0 radical (unpaired) electrons. The third-order valence-corrected chi connectivity index (χ3v) is 3.94. The first-order valence-electron chi connectivity index (χ1n) is 6.53. The second-order valence-electron chi connectivity index (χ2n) is 6.52. The summed E-state index contributed by atoms with van der Waals surface area (Å²) in [7, 11) is 0. The van der Waals surface area contributed by atoms with Crippen molar-refractivity contribution in [1.29, 1.82) is 0 Å². The van der Waals surface area contributed by atoms with Gasteiger partial charge in [0.15, 0.2) is 0 Å². The third-order valence-electron chi connectivity index (χ3n) is 3.94. The number of hydrogen-bond acceptors (Lipinski definition) is 0.